The lowest BCUT2D eigenvalue weighted by atomic mass is 10.2. The Labute approximate surface area is 207 Å². The van der Waals surface area contributed by atoms with Gasteiger partial charge in [0.05, 0.1) is 11.4 Å². The number of hydrogen-bond donors (Lipinski definition) is 0. The highest BCUT2D eigenvalue weighted by atomic mass is 32.2. The maximum absolute atomic E-state index is 13.3. The van der Waals surface area contributed by atoms with Gasteiger partial charge in [-0.2, -0.15) is 0 Å². The van der Waals surface area contributed by atoms with Gasteiger partial charge in [-0.1, -0.05) is 49.0 Å². The molecule has 0 radical (unpaired) electrons. The first-order chi connectivity index (χ1) is 16.6. The second-order valence-electron chi connectivity index (χ2n) is 8.12. The molecule has 5 rings (SSSR count). The Morgan fingerprint density at radius 3 is 2.85 bits per heavy atom. The van der Waals surface area contributed by atoms with E-state index in [2.05, 4.69) is 29.8 Å². The van der Waals surface area contributed by atoms with Gasteiger partial charge in [-0.05, 0) is 30.7 Å². The number of anilines is 1. The van der Waals surface area contributed by atoms with E-state index in [4.69, 9.17) is 9.47 Å². The van der Waals surface area contributed by atoms with E-state index in [0.29, 0.717) is 41.7 Å². The highest BCUT2D eigenvalue weighted by Crippen LogP contribution is 2.38. The summed E-state index contributed by atoms with van der Waals surface area (Å²) in [6, 6.07) is 15.7. The van der Waals surface area contributed by atoms with E-state index in [1.165, 1.54) is 11.8 Å². The summed E-state index contributed by atoms with van der Waals surface area (Å²) in [6.45, 7) is 7.65. The fraction of sp³-hybridized carbons (Fsp3) is 0.320. The number of carbonyl (C=O) groups excluding carboxylic acids is 1. The van der Waals surface area contributed by atoms with Gasteiger partial charge in [-0.3, -0.25) is 9.36 Å². The minimum absolute atomic E-state index is 0.0630. The summed E-state index contributed by atoms with van der Waals surface area (Å²) in [7, 11) is 0. The van der Waals surface area contributed by atoms with Crippen molar-refractivity contribution in [3.05, 3.63) is 67.0 Å². The molecule has 0 saturated heterocycles. The number of carbonyl (C=O) groups is 1. The molecule has 2 atom stereocenters. The van der Waals surface area contributed by atoms with Crippen LogP contribution in [0.25, 0.3) is 0 Å². The molecule has 2 aromatic carbocycles. The first kappa shape index (κ1) is 22.9. The van der Waals surface area contributed by atoms with Crippen LogP contribution in [0.15, 0.2) is 71.2 Å². The summed E-state index contributed by atoms with van der Waals surface area (Å²) >= 11 is 3.22. The van der Waals surface area contributed by atoms with E-state index in [9.17, 15) is 4.79 Å². The van der Waals surface area contributed by atoms with Crippen LogP contribution < -0.4 is 14.4 Å². The molecule has 2 aliphatic rings. The number of amides is 1. The van der Waals surface area contributed by atoms with Gasteiger partial charge >= 0.3 is 0 Å². The molecule has 0 N–H and O–H groups in total. The lowest BCUT2D eigenvalue weighted by Gasteiger charge is -2.26. The van der Waals surface area contributed by atoms with E-state index in [1.807, 2.05) is 63.7 Å². The van der Waals surface area contributed by atoms with Crippen LogP contribution in [0, 0.1) is 0 Å². The fourth-order valence-electron chi connectivity index (χ4n) is 4.04. The number of ether oxygens (including phenoxy) is 2. The Balaban J connectivity index is 1.32. The summed E-state index contributed by atoms with van der Waals surface area (Å²) < 4.78 is 13.9. The Kier molecular flexibility index (Phi) is 6.82. The molecular formula is C25H26N4O3S2. The maximum Gasteiger partial charge on any atom is 0.237 e. The highest BCUT2D eigenvalue weighted by molar-refractivity contribution is 8.00. The maximum atomic E-state index is 13.3. The van der Waals surface area contributed by atoms with Gasteiger partial charge < -0.3 is 14.4 Å². The second kappa shape index (κ2) is 10.1. The van der Waals surface area contributed by atoms with Crippen molar-refractivity contribution >= 4 is 35.1 Å². The van der Waals surface area contributed by atoms with Gasteiger partial charge in [0.15, 0.2) is 28.6 Å². The second-order valence-corrected chi connectivity index (χ2v) is 10.5. The Morgan fingerprint density at radius 2 is 2.00 bits per heavy atom. The van der Waals surface area contributed by atoms with Crippen molar-refractivity contribution in [1.29, 1.82) is 0 Å². The monoisotopic (exact) mass is 494 g/mol. The number of allylic oxidation sites excluding steroid dienone is 1. The van der Waals surface area contributed by atoms with E-state index in [-0.39, 0.29) is 17.8 Å². The Hall–Kier alpha value is -2.91. The minimum atomic E-state index is -0.386. The zero-order chi connectivity index (χ0) is 23.5. The van der Waals surface area contributed by atoms with Crippen LogP contribution in [0.1, 0.15) is 25.3 Å². The van der Waals surface area contributed by atoms with Crippen LogP contribution in [-0.4, -0.2) is 44.8 Å². The highest BCUT2D eigenvalue weighted by Gasteiger charge is 2.29. The molecule has 1 aromatic heterocycles. The molecule has 3 heterocycles. The minimum Gasteiger partial charge on any atom is -0.485 e. The molecule has 0 aliphatic carbocycles. The predicted octanol–water partition coefficient (Wildman–Crippen LogP) is 4.99. The van der Waals surface area contributed by atoms with E-state index in [1.54, 1.807) is 6.08 Å². The quantitative estimate of drug-likeness (QED) is 0.353. The fourth-order valence-corrected chi connectivity index (χ4v) is 5.99. The van der Waals surface area contributed by atoms with E-state index in [0.717, 1.165) is 22.8 Å². The number of hydrogen-bond acceptors (Lipinski definition) is 7. The van der Waals surface area contributed by atoms with Gasteiger partial charge in [-0.15, -0.1) is 28.5 Å². The molecule has 7 nitrogen and oxygen atoms in total. The van der Waals surface area contributed by atoms with Gasteiger partial charge in [0, 0.05) is 23.2 Å². The molecule has 2 aliphatic heterocycles. The van der Waals surface area contributed by atoms with Crippen molar-refractivity contribution < 1.29 is 14.3 Å². The van der Waals surface area contributed by atoms with Crippen molar-refractivity contribution in [3.8, 4) is 11.5 Å². The molecule has 34 heavy (non-hydrogen) atoms. The number of nitrogens with zero attached hydrogens (tertiary/aromatic N) is 4. The molecule has 0 saturated carbocycles. The normalized spacial score (nSPS) is 19.3. The largest absolute Gasteiger partial charge is 0.485 e. The van der Waals surface area contributed by atoms with Gasteiger partial charge in [0.2, 0.25) is 5.91 Å². The molecule has 1 amide bonds. The molecular weight excluding hydrogens is 468 g/mol. The summed E-state index contributed by atoms with van der Waals surface area (Å²) in [6.07, 6.45) is 2.36. The first-order valence-corrected chi connectivity index (χ1v) is 13.1. The van der Waals surface area contributed by atoms with Crippen molar-refractivity contribution in [2.75, 3.05) is 23.8 Å². The SMILES string of the molecule is C=CCn1c(SCC(=O)N2CCC(C)Sc3ccccc32)nnc1C1COc2ccccc2O1. The van der Waals surface area contributed by atoms with Crippen molar-refractivity contribution in [2.24, 2.45) is 0 Å². The number of benzene rings is 2. The number of para-hydroxylation sites is 3. The lowest BCUT2D eigenvalue weighted by molar-refractivity contribution is -0.116. The average Bonchev–Trinajstić information content (AvgIpc) is 3.17. The standard InChI is InChI=1S/C25H26N4O3S2/c1-3-13-29-24(21-15-31-19-9-5-6-10-20(19)32-21)26-27-25(29)33-16-23(30)28-14-12-17(2)34-22-11-7-4-8-18(22)28/h3-11,17,21H,1,12-16H2,2H3. The number of aromatic nitrogens is 3. The molecule has 9 heteroatoms. The van der Waals surface area contributed by atoms with Crippen LogP contribution in [0.3, 0.4) is 0 Å². The number of rotatable bonds is 6. The van der Waals surface area contributed by atoms with E-state index >= 15 is 0 Å². The van der Waals surface area contributed by atoms with Crippen molar-refractivity contribution in [1.82, 2.24) is 14.8 Å². The van der Waals surface area contributed by atoms with Crippen molar-refractivity contribution in [3.63, 3.8) is 0 Å². The first-order valence-electron chi connectivity index (χ1n) is 11.3. The van der Waals surface area contributed by atoms with Gasteiger partial charge in [-0.25, -0.2) is 0 Å². The third kappa shape index (κ3) is 4.67. The Morgan fingerprint density at radius 1 is 1.21 bits per heavy atom. The third-order valence-corrected chi connectivity index (χ3v) is 7.91. The number of fused-ring (bicyclic) bond motifs is 2. The lowest BCUT2D eigenvalue weighted by Crippen LogP contribution is -2.33. The van der Waals surface area contributed by atoms with Crippen LogP contribution in [0.5, 0.6) is 11.5 Å². The Bertz CT molecular complexity index is 1200. The smallest absolute Gasteiger partial charge is 0.237 e. The average molecular weight is 495 g/mol. The third-order valence-electron chi connectivity index (χ3n) is 5.72. The molecule has 176 valence electrons. The van der Waals surface area contributed by atoms with Crippen LogP contribution in [0.2, 0.25) is 0 Å². The zero-order valence-electron chi connectivity index (χ0n) is 18.9. The molecule has 3 aromatic rings. The molecule has 0 fully saturated rings. The summed E-state index contributed by atoms with van der Waals surface area (Å²) in [5.41, 5.74) is 0.988. The predicted molar refractivity (Wildman–Crippen MR) is 135 cm³/mol. The van der Waals surface area contributed by atoms with Crippen molar-refractivity contribution in [2.45, 2.75) is 41.3 Å². The number of thioether (sulfide) groups is 2. The zero-order valence-corrected chi connectivity index (χ0v) is 20.6. The topological polar surface area (TPSA) is 69.5 Å². The molecule has 0 spiro atoms. The van der Waals surface area contributed by atoms with E-state index < -0.39 is 0 Å². The summed E-state index contributed by atoms with van der Waals surface area (Å²) in [5.74, 6) is 2.40. The summed E-state index contributed by atoms with van der Waals surface area (Å²) in [5, 5.41) is 9.90. The molecule has 0 bridgehead atoms. The summed E-state index contributed by atoms with van der Waals surface area (Å²) in [4.78, 5) is 16.3. The van der Waals surface area contributed by atoms with Crippen LogP contribution >= 0.6 is 23.5 Å². The molecule has 2 unspecified atom stereocenters. The van der Waals surface area contributed by atoms with Crippen LogP contribution in [0.4, 0.5) is 5.69 Å². The van der Waals surface area contributed by atoms with Gasteiger partial charge in [0.1, 0.15) is 6.61 Å². The van der Waals surface area contributed by atoms with Crippen LogP contribution in [-0.2, 0) is 11.3 Å². The van der Waals surface area contributed by atoms with Gasteiger partial charge in [0.25, 0.3) is 0 Å².